The third kappa shape index (κ3) is 6.44. The van der Waals surface area contributed by atoms with Gasteiger partial charge in [-0.25, -0.2) is 9.98 Å². The number of aliphatic imine (C=N–C) groups is 1. The van der Waals surface area contributed by atoms with Gasteiger partial charge in [0.05, 0.1) is 6.54 Å². The largest absolute Gasteiger partial charge is 0.474 e. The first kappa shape index (κ1) is 17.5. The Kier molecular flexibility index (Phi) is 7.66. The molecule has 6 nitrogen and oxygen atoms in total. The van der Waals surface area contributed by atoms with E-state index < -0.39 is 0 Å². The van der Waals surface area contributed by atoms with Crippen molar-refractivity contribution in [2.45, 2.75) is 51.7 Å². The Morgan fingerprint density at radius 3 is 3.04 bits per heavy atom. The summed E-state index contributed by atoms with van der Waals surface area (Å²) in [6.45, 7) is 4.70. The lowest BCUT2D eigenvalue weighted by molar-refractivity contribution is 0.145. The third-order valence-corrected chi connectivity index (χ3v) is 3.83. The number of rotatable bonds is 9. The number of nitrogens with one attached hydrogen (secondary N) is 1. The molecule has 1 saturated carbocycles. The zero-order valence-corrected chi connectivity index (χ0v) is 14.0. The van der Waals surface area contributed by atoms with Crippen molar-refractivity contribution in [1.82, 2.24) is 10.3 Å². The fraction of sp³-hybridized carbons (Fsp3) is 0.647. The second-order valence-corrected chi connectivity index (χ2v) is 5.67. The molecule has 6 heteroatoms. The minimum atomic E-state index is 0.293. The molecule has 0 saturated heterocycles. The van der Waals surface area contributed by atoms with Crippen LogP contribution in [0.2, 0.25) is 0 Å². The quantitative estimate of drug-likeness (QED) is 0.414. The molecular formula is C17H28N4O2. The van der Waals surface area contributed by atoms with Crippen molar-refractivity contribution in [3.05, 3.63) is 23.9 Å². The molecule has 2 rings (SSSR count). The summed E-state index contributed by atoms with van der Waals surface area (Å²) in [5.74, 6) is 1.13. The number of hydrogen-bond donors (Lipinski definition) is 2. The monoisotopic (exact) mass is 320 g/mol. The second kappa shape index (κ2) is 10.0. The molecule has 1 aliphatic carbocycles. The molecule has 128 valence electrons. The maximum Gasteiger partial charge on any atom is 0.218 e. The number of guanidine groups is 1. The Labute approximate surface area is 138 Å². The molecule has 0 bridgehead atoms. The van der Waals surface area contributed by atoms with Crippen LogP contribution >= 0.6 is 0 Å². The van der Waals surface area contributed by atoms with Gasteiger partial charge in [-0.2, -0.15) is 0 Å². The number of aromatic nitrogens is 1. The standard InChI is InChI=1S/C17H28N4O2/c1-2-22-12-6-11-20-17(18)21-13-14-7-5-10-19-16(14)23-15-8-3-4-9-15/h5,7,10,15H,2-4,6,8-9,11-13H2,1H3,(H3,18,20,21). The van der Waals surface area contributed by atoms with Crippen molar-refractivity contribution < 1.29 is 9.47 Å². The number of pyridine rings is 1. The highest BCUT2D eigenvalue weighted by atomic mass is 16.5. The van der Waals surface area contributed by atoms with Gasteiger partial charge in [0.15, 0.2) is 5.96 Å². The van der Waals surface area contributed by atoms with Crippen molar-refractivity contribution in [3.8, 4) is 5.88 Å². The van der Waals surface area contributed by atoms with E-state index in [0.717, 1.165) is 44.6 Å². The van der Waals surface area contributed by atoms with Crippen molar-refractivity contribution in [2.75, 3.05) is 19.8 Å². The van der Waals surface area contributed by atoms with Gasteiger partial charge in [-0.15, -0.1) is 0 Å². The Bertz CT molecular complexity index is 487. The Morgan fingerprint density at radius 1 is 1.43 bits per heavy atom. The summed E-state index contributed by atoms with van der Waals surface area (Å²) in [4.78, 5) is 8.72. The van der Waals surface area contributed by atoms with Crippen LogP contribution in [0.3, 0.4) is 0 Å². The normalized spacial score (nSPS) is 15.8. The molecule has 1 heterocycles. The van der Waals surface area contributed by atoms with Crippen LogP contribution < -0.4 is 15.8 Å². The molecule has 1 aromatic heterocycles. The molecule has 23 heavy (non-hydrogen) atoms. The first-order valence-corrected chi connectivity index (χ1v) is 8.51. The zero-order chi connectivity index (χ0) is 16.3. The smallest absolute Gasteiger partial charge is 0.218 e. The first-order chi connectivity index (χ1) is 11.3. The van der Waals surface area contributed by atoms with Crippen LogP contribution in [0.5, 0.6) is 5.88 Å². The van der Waals surface area contributed by atoms with Gasteiger partial charge < -0.3 is 20.5 Å². The lowest BCUT2D eigenvalue weighted by Gasteiger charge is -2.14. The second-order valence-electron chi connectivity index (χ2n) is 5.67. The van der Waals surface area contributed by atoms with E-state index in [-0.39, 0.29) is 0 Å². The summed E-state index contributed by atoms with van der Waals surface area (Å²) in [6, 6.07) is 3.89. The maximum absolute atomic E-state index is 6.01. The van der Waals surface area contributed by atoms with Gasteiger partial charge in [0, 0.05) is 31.5 Å². The van der Waals surface area contributed by atoms with Gasteiger partial charge in [-0.05, 0) is 45.1 Å². The fourth-order valence-electron chi connectivity index (χ4n) is 2.58. The van der Waals surface area contributed by atoms with E-state index in [9.17, 15) is 0 Å². The van der Waals surface area contributed by atoms with Crippen LogP contribution in [0.15, 0.2) is 23.3 Å². The van der Waals surface area contributed by atoms with Crippen LogP contribution in [0.4, 0.5) is 0 Å². The Morgan fingerprint density at radius 2 is 2.26 bits per heavy atom. The van der Waals surface area contributed by atoms with E-state index in [0.29, 0.717) is 24.5 Å². The van der Waals surface area contributed by atoms with Gasteiger partial charge in [0.25, 0.3) is 0 Å². The van der Waals surface area contributed by atoms with Crippen LogP contribution in [-0.4, -0.2) is 36.8 Å². The lowest BCUT2D eigenvalue weighted by Crippen LogP contribution is -2.32. The Hall–Kier alpha value is -1.82. The average molecular weight is 320 g/mol. The number of ether oxygens (including phenoxy) is 2. The Balaban J connectivity index is 1.80. The van der Waals surface area contributed by atoms with Crippen LogP contribution in [0, 0.1) is 0 Å². The highest BCUT2D eigenvalue weighted by molar-refractivity contribution is 5.77. The summed E-state index contributed by atoms with van der Waals surface area (Å²) in [5, 5.41) is 3.09. The maximum atomic E-state index is 6.01. The summed E-state index contributed by atoms with van der Waals surface area (Å²) in [5.41, 5.74) is 6.86. The van der Waals surface area contributed by atoms with Crippen LogP contribution in [0.1, 0.15) is 44.6 Å². The molecule has 3 N–H and O–H groups in total. The molecule has 0 aliphatic heterocycles. The molecule has 0 atom stereocenters. The summed E-state index contributed by atoms with van der Waals surface area (Å²) >= 11 is 0. The predicted octanol–water partition coefficient (Wildman–Crippen LogP) is 2.23. The first-order valence-electron chi connectivity index (χ1n) is 8.51. The van der Waals surface area contributed by atoms with E-state index in [2.05, 4.69) is 15.3 Å². The molecule has 1 aliphatic rings. The molecular weight excluding hydrogens is 292 g/mol. The van der Waals surface area contributed by atoms with Gasteiger partial charge in [0.1, 0.15) is 6.10 Å². The molecule has 0 radical (unpaired) electrons. The van der Waals surface area contributed by atoms with Crippen LogP contribution in [0.25, 0.3) is 0 Å². The minimum Gasteiger partial charge on any atom is -0.474 e. The van der Waals surface area contributed by atoms with Crippen molar-refractivity contribution in [2.24, 2.45) is 10.7 Å². The molecule has 0 spiro atoms. The van der Waals surface area contributed by atoms with Gasteiger partial charge in [-0.3, -0.25) is 0 Å². The lowest BCUT2D eigenvalue weighted by atomic mass is 10.2. The van der Waals surface area contributed by atoms with E-state index in [4.69, 9.17) is 15.2 Å². The third-order valence-electron chi connectivity index (χ3n) is 3.83. The van der Waals surface area contributed by atoms with Gasteiger partial charge in [-0.1, -0.05) is 6.07 Å². The van der Waals surface area contributed by atoms with Gasteiger partial charge in [0.2, 0.25) is 5.88 Å². The number of nitrogens with zero attached hydrogens (tertiary/aromatic N) is 2. The van der Waals surface area contributed by atoms with E-state index in [1.807, 2.05) is 19.1 Å². The number of hydrogen-bond acceptors (Lipinski definition) is 4. The molecule has 0 aromatic carbocycles. The summed E-state index contributed by atoms with van der Waals surface area (Å²) < 4.78 is 11.3. The highest BCUT2D eigenvalue weighted by Gasteiger charge is 2.18. The van der Waals surface area contributed by atoms with Crippen molar-refractivity contribution in [3.63, 3.8) is 0 Å². The molecule has 0 unspecified atom stereocenters. The summed E-state index contributed by atoms with van der Waals surface area (Å²) in [6.07, 6.45) is 7.67. The van der Waals surface area contributed by atoms with E-state index in [1.54, 1.807) is 6.20 Å². The average Bonchev–Trinajstić information content (AvgIpc) is 3.07. The molecule has 1 fully saturated rings. The fourth-order valence-corrected chi connectivity index (χ4v) is 2.58. The number of nitrogens with two attached hydrogens (primary N) is 1. The highest BCUT2D eigenvalue weighted by Crippen LogP contribution is 2.25. The predicted molar refractivity (Wildman–Crippen MR) is 91.6 cm³/mol. The van der Waals surface area contributed by atoms with Crippen LogP contribution in [-0.2, 0) is 11.3 Å². The molecule has 1 aromatic rings. The minimum absolute atomic E-state index is 0.293. The van der Waals surface area contributed by atoms with E-state index >= 15 is 0 Å². The van der Waals surface area contributed by atoms with Crippen molar-refractivity contribution in [1.29, 1.82) is 0 Å². The van der Waals surface area contributed by atoms with Crippen molar-refractivity contribution >= 4 is 5.96 Å². The SMILES string of the molecule is CCOCCCNC(N)=NCc1cccnc1OC1CCCC1. The van der Waals surface area contributed by atoms with E-state index in [1.165, 1.54) is 12.8 Å². The van der Waals surface area contributed by atoms with Gasteiger partial charge >= 0.3 is 0 Å². The topological polar surface area (TPSA) is 81.8 Å². The molecule has 0 amide bonds. The summed E-state index contributed by atoms with van der Waals surface area (Å²) in [7, 11) is 0. The zero-order valence-electron chi connectivity index (χ0n) is 14.0.